The van der Waals surface area contributed by atoms with Gasteiger partial charge in [0.1, 0.15) is 22.9 Å². The van der Waals surface area contributed by atoms with Gasteiger partial charge in [-0.05, 0) is 89.4 Å². The number of carbonyl (C=O) groups excluding carboxylic acids is 2. The van der Waals surface area contributed by atoms with E-state index in [-0.39, 0.29) is 59.6 Å². The fourth-order valence-corrected chi connectivity index (χ4v) is 6.54. The molecule has 0 unspecified atom stereocenters. The molecule has 2 aromatic carbocycles. The Kier molecular flexibility index (Phi) is 12.6. The third-order valence-electron chi connectivity index (χ3n) is 8.49. The Morgan fingerprint density at radius 2 is 1.88 bits per heavy atom. The predicted molar refractivity (Wildman–Crippen MR) is 182 cm³/mol. The second-order valence-corrected chi connectivity index (χ2v) is 14.3. The number of hydrogen-bond donors (Lipinski definition) is 3. The van der Waals surface area contributed by atoms with Gasteiger partial charge in [0.15, 0.2) is 5.76 Å². The van der Waals surface area contributed by atoms with Crippen LogP contribution in [-0.4, -0.2) is 92.0 Å². The van der Waals surface area contributed by atoms with Crippen molar-refractivity contribution in [3.63, 3.8) is 0 Å². The molecule has 0 bridgehead atoms. The molecule has 1 aromatic heterocycles. The molecule has 1 aliphatic rings. The Morgan fingerprint density at radius 1 is 1.16 bits per heavy atom. The van der Waals surface area contributed by atoms with E-state index in [9.17, 15) is 27.5 Å². The quantitative estimate of drug-likeness (QED) is 0.287. The number of aliphatic hydroxyl groups is 1. The Balaban J connectivity index is 1.63. The Hall–Kier alpha value is -4.21. The van der Waals surface area contributed by atoms with Crippen LogP contribution in [0.1, 0.15) is 61.8 Å². The molecule has 15 heteroatoms. The summed E-state index contributed by atoms with van der Waals surface area (Å²) in [5.41, 5.74) is 1.26. The number of likely N-dealkylation sites (N-methyl/N-ethyl adjacent to an activating group) is 1. The summed E-state index contributed by atoms with van der Waals surface area (Å²) < 4.78 is 59.8. The molecule has 0 radical (unpaired) electrons. The molecule has 3 N–H and O–H groups in total. The zero-order valence-corrected chi connectivity index (χ0v) is 29.5. The first kappa shape index (κ1) is 37.6. The Bertz CT molecular complexity index is 1680. The van der Waals surface area contributed by atoms with Gasteiger partial charge in [0.05, 0.1) is 35.3 Å². The molecule has 3 aromatic rings. The van der Waals surface area contributed by atoms with Crippen LogP contribution >= 0.6 is 0 Å². The lowest BCUT2D eigenvalue weighted by molar-refractivity contribution is -0.0115. The topological polar surface area (TPSA) is 164 Å². The van der Waals surface area contributed by atoms with Crippen molar-refractivity contribution in [2.45, 2.75) is 77.0 Å². The maximum atomic E-state index is 14.3. The Morgan fingerprint density at radius 3 is 2.53 bits per heavy atom. The summed E-state index contributed by atoms with van der Waals surface area (Å²) in [6.07, 6.45) is 1.41. The number of ether oxygens (including phenoxy) is 2. The minimum atomic E-state index is -4.11. The van der Waals surface area contributed by atoms with Gasteiger partial charge in [-0.15, -0.1) is 0 Å². The number of carbonyl (C=O) groups is 2. The second-order valence-electron chi connectivity index (χ2n) is 12.6. The first-order valence-corrected chi connectivity index (χ1v) is 17.8. The van der Waals surface area contributed by atoms with Gasteiger partial charge in [-0.25, -0.2) is 17.6 Å². The van der Waals surface area contributed by atoms with Gasteiger partial charge in [0.2, 0.25) is 0 Å². The minimum absolute atomic E-state index is 0.101. The number of amides is 3. The van der Waals surface area contributed by atoms with Crippen LogP contribution in [0, 0.1) is 25.6 Å². The molecule has 0 saturated carbocycles. The van der Waals surface area contributed by atoms with Crippen LogP contribution < -0.4 is 14.8 Å². The lowest BCUT2D eigenvalue weighted by Gasteiger charge is -2.35. The van der Waals surface area contributed by atoms with Crippen molar-refractivity contribution in [1.82, 2.24) is 15.0 Å². The van der Waals surface area contributed by atoms with Crippen molar-refractivity contribution in [2.75, 3.05) is 43.4 Å². The van der Waals surface area contributed by atoms with Gasteiger partial charge in [-0.2, -0.15) is 0 Å². The van der Waals surface area contributed by atoms with Crippen molar-refractivity contribution in [2.24, 2.45) is 5.92 Å². The summed E-state index contributed by atoms with van der Waals surface area (Å²) >= 11 is 0. The summed E-state index contributed by atoms with van der Waals surface area (Å²) in [5.74, 6) is -0.615. The van der Waals surface area contributed by atoms with Crippen LogP contribution in [0.4, 0.5) is 20.6 Å². The first-order valence-electron chi connectivity index (χ1n) is 16.3. The number of benzene rings is 2. The molecule has 0 saturated heterocycles. The molecule has 0 aliphatic carbocycles. The molecule has 4 atom stereocenters. The number of rotatable bonds is 8. The van der Waals surface area contributed by atoms with E-state index in [2.05, 4.69) is 15.2 Å². The highest BCUT2D eigenvalue weighted by Gasteiger charge is 2.31. The highest BCUT2D eigenvalue weighted by atomic mass is 32.2. The highest BCUT2D eigenvalue weighted by molar-refractivity contribution is 7.92. The number of nitrogens with one attached hydrogen (secondary N) is 2. The molecular weight excluding hydrogens is 657 g/mol. The highest BCUT2D eigenvalue weighted by Crippen LogP contribution is 2.30. The third-order valence-corrected chi connectivity index (χ3v) is 9.89. The largest absolute Gasteiger partial charge is 0.490 e. The third kappa shape index (κ3) is 9.70. The fraction of sp³-hybridized carbons (Fsp3) is 0.500. The van der Waals surface area contributed by atoms with Gasteiger partial charge < -0.3 is 34.2 Å². The zero-order valence-electron chi connectivity index (χ0n) is 28.7. The number of urea groups is 1. The maximum absolute atomic E-state index is 14.3. The number of nitrogens with zero attached hydrogens (tertiary/aromatic N) is 3. The number of sulfonamides is 1. The number of aliphatic hydroxyl groups excluding tert-OH is 1. The monoisotopic (exact) mass is 703 g/mol. The van der Waals surface area contributed by atoms with E-state index in [0.29, 0.717) is 30.2 Å². The summed E-state index contributed by atoms with van der Waals surface area (Å²) in [5, 5.41) is 16.9. The van der Waals surface area contributed by atoms with Crippen molar-refractivity contribution < 1.29 is 41.5 Å². The Labute approximate surface area is 286 Å². The SMILES string of the molecule is Cc1noc(C)c1NC(=O)N(C)C[C@H]1OCCCC[C@H](C)Oc2ccc(NS(=O)(=O)c3ccc(F)cc3)cc2C(=O)N([C@H](C)CO)C[C@@H]1C. The molecule has 0 spiro atoms. The number of anilines is 2. The van der Waals surface area contributed by atoms with Crippen LogP contribution in [0.25, 0.3) is 0 Å². The molecule has 3 amide bonds. The van der Waals surface area contributed by atoms with Crippen LogP contribution in [0.15, 0.2) is 51.9 Å². The van der Waals surface area contributed by atoms with Crippen LogP contribution in [0.2, 0.25) is 0 Å². The molecule has 49 heavy (non-hydrogen) atoms. The standard InChI is InChI=1S/C34H46FN5O8S/c1-21-18-40(22(2)20-41)33(42)29-17-27(38-49(44,45)28-13-10-26(35)11-14-28)12-15-30(29)47-23(3)9-7-8-16-46-31(21)19-39(6)34(43)36-32-24(4)37-48-25(32)5/h10-15,17,21-23,31,38,41H,7-9,16,18-20H2,1-6H3,(H,36,43)/t21-,22+,23-,31+/m0/s1. The van der Waals surface area contributed by atoms with Crippen molar-refractivity contribution in [3.8, 4) is 5.75 Å². The van der Waals surface area contributed by atoms with E-state index in [1.54, 1.807) is 33.9 Å². The number of fused-ring (bicyclic) bond motifs is 1. The minimum Gasteiger partial charge on any atom is -0.490 e. The van der Waals surface area contributed by atoms with E-state index < -0.39 is 33.9 Å². The zero-order chi connectivity index (χ0) is 35.9. The van der Waals surface area contributed by atoms with Crippen molar-refractivity contribution in [1.29, 1.82) is 0 Å². The van der Waals surface area contributed by atoms with Crippen molar-refractivity contribution in [3.05, 3.63) is 65.3 Å². The van der Waals surface area contributed by atoms with E-state index in [0.717, 1.165) is 37.1 Å². The summed E-state index contributed by atoms with van der Waals surface area (Å²) in [6.45, 7) is 9.38. The van der Waals surface area contributed by atoms with Gasteiger partial charge in [0.25, 0.3) is 15.9 Å². The maximum Gasteiger partial charge on any atom is 0.321 e. The molecule has 2 heterocycles. The number of aromatic nitrogens is 1. The average molecular weight is 704 g/mol. The predicted octanol–water partition coefficient (Wildman–Crippen LogP) is 5.19. The molecular formula is C34H46FN5O8S. The summed E-state index contributed by atoms with van der Waals surface area (Å²) in [4.78, 5) is 30.4. The van der Waals surface area contributed by atoms with Gasteiger partial charge >= 0.3 is 6.03 Å². The van der Waals surface area contributed by atoms with E-state index >= 15 is 0 Å². The number of halogens is 1. The van der Waals surface area contributed by atoms with Crippen LogP contribution in [0.3, 0.4) is 0 Å². The summed E-state index contributed by atoms with van der Waals surface area (Å²) in [6, 6.07) is 7.83. The van der Waals surface area contributed by atoms with E-state index in [1.807, 2.05) is 13.8 Å². The van der Waals surface area contributed by atoms with E-state index in [4.69, 9.17) is 14.0 Å². The van der Waals surface area contributed by atoms with Crippen LogP contribution in [0.5, 0.6) is 5.75 Å². The normalized spacial score (nSPS) is 20.0. The van der Waals surface area contributed by atoms with Gasteiger partial charge in [-0.3, -0.25) is 9.52 Å². The first-order chi connectivity index (χ1) is 23.2. The average Bonchev–Trinajstić information content (AvgIpc) is 3.38. The van der Waals surface area contributed by atoms with Gasteiger partial charge in [0, 0.05) is 38.3 Å². The molecule has 1 aliphatic heterocycles. The molecule has 268 valence electrons. The lowest BCUT2D eigenvalue weighted by Crippen LogP contribution is -2.48. The molecule has 4 rings (SSSR count). The molecule has 13 nitrogen and oxygen atoms in total. The lowest BCUT2D eigenvalue weighted by atomic mass is 10.0. The fourth-order valence-electron chi connectivity index (χ4n) is 5.49. The van der Waals surface area contributed by atoms with Crippen molar-refractivity contribution >= 4 is 33.3 Å². The molecule has 0 fully saturated rings. The van der Waals surface area contributed by atoms with E-state index in [1.165, 1.54) is 21.9 Å². The second kappa shape index (κ2) is 16.5. The number of hydrogen-bond acceptors (Lipinski definition) is 9. The van der Waals surface area contributed by atoms with Gasteiger partial charge in [-0.1, -0.05) is 12.1 Å². The van der Waals surface area contributed by atoms with Crippen LogP contribution in [-0.2, 0) is 14.8 Å². The summed E-state index contributed by atoms with van der Waals surface area (Å²) in [7, 11) is -2.46. The smallest absolute Gasteiger partial charge is 0.321 e. The number of aryl methyl sites for hydroxylation is 2.